The van der Waals surface area contributed by atoms with Gasteiger partial charge in [0.2, 0.25) is 0 Å². The predicted octanol–water partition coefficient (Wildman–Crippen LogP) is 3.45. The van der Waals surface area contributed by atoms with Crippen molar-refractivity contribution in [1.82, 2.24) is 0 Å². The van der Waals surface area contributed by atoms with Gasteiger partial charge in [-0.3, -0.25) is 9.59 Å². The largest absolute Gasteiger partial charge is 0.482 e. The zero-order chi connectivity index (χ0) is 16.9. The Balaban J connectivity index is 1.79. The van der Waals surface area contributed by atoms with Crippen molar-refractivity contribution >= 4 is 23.2 Å². The van der Waals surface area contributed by atoms with E-state index >= 15 is 0 Å². The summed E-state index contributed by atoms with van der Waals surface area (Å²) in [6, 6.07) is 8.53. The summed E-state index contributed by atoms with van der Waals surface area (Å²) in [5, 5.41) is 2.77. The van der Waals surface area contributed by atoms with Crippen molar-refractivity contribution in [1.29, 1.82) is 0 Å². The molecule has 2 aromatic rings. The Morgan fingerprint density at radius 3 is 2.92 bits per heavy atom. The molecule has 1 aromatic carbocycles. The van der Waals surface area contributed by atoms with Gasteiger partial charge in [0, 0.05) is 12.2 Å². The van der Waals surface area contributed by atoms with E-state index in [0.717, 1.165) is 19.3 Å². The van der Waals surface area contributed by atoms with Gasteiger partial charge in [0.05, 0.1) is 12.0 Å². The number of anilines is 2. The Kier molecular flexibility index (Phi) is 4.84. The smallest absolute Gasteiger partial charge is 0.291 e. The van der Waals surface area contributed by atoms with E-state index < -0.39 is 0 Å². The Labute approximate surface area is 140 Å². The van der Waals surface area contributed by atoms with Crippen LogP contribution in [0.15, 0.2) is 41.0 Å². The lowest BCUT2D eigenvalue weighted by molar-refractivity contribution is -0.121. The second kappa shape index (κ2) is 7.21. The summed E-state index contributed by atoms with van der Waals surface area (Å²) in [7, 11) is 0. The van der Waals surface area contributed by atoms with Crippen molar-refractivity contribution in [3.63, 3.8) is 0 Å². The second-order valence-electron chi connectivity index (χ2n) is 5.66. The maximum atomic E-state index is 12.2. The molecule has 0 fully saturated rings. The molecule has 0 saturated carbocycles. The Morgan fingerprint density at radius 2 is 2.17 bits per heavy atom. The van der Waals surface area contributed by atoms with Crippen LogP contribution in [-0.2, 0) is 4.79 Å². The lowest BCUT2D eigenvalue weighted by atomic mass is 10.1. The fourth-order valence-electron chi connectivity index (χ4n) is 2.65. The number of carbonyl (C=O) groups excluding carboxylic acids is 2. The van der Waals surface area contributed by atoms with Gasteiger partial charge in [0.1, 0.15) is 5.75 Å². The molecule has 6 heteroatoms. The quantitative estimate of drug-likeness (QED) is 0.825. The van der Waals surface area contributed by atoms with Gasteiger partial charge < -0.3 is 19.4 Å². The third-order valence-corrected chi connectivity index (χ3v) is 3.89. The average Bonchev–Trinajstić information content (AvgIpc) is 3.12. The Bertz CT molecular complexity index is 725. The molecule has 1 aliphatic rings. The minimum Gasteiger partial charge on any atom is -0.482 e. The molecule has 0 radical (unpaired) electrons. The SMILES string of the molecule is CCCCCN1C(=O)COc2ccc(NC(=O)c3ccco3)cc21. The molecule has 1 aromatic heterocycles. The standard InChI is InChI=1S/C18H20N2O4/c1-2-3-4-9-20-14-11-13(7-8-15(14)24-12-17(20)21)19-18(22)16-6-5-10-23-16/h5-8,10-11H,2-4,9,12H2,1H3,(H,19,22). The number of nitrogens with zero attached hydrogens (tertiary/aromatic N) is 1. The summed E-state index contributed by atoms with van der Waals surface area (Å²) in [6.45, 7) is 2.83. The molecule has 0 spiro atoms. The van der Waals surface area contributed by atoms with E-state index in [4.69, 9.17) is 9.15 Å². The summed E-state index contributed by atoms with van der Waals surface area (Å²) >= 11 is 0. The van der Waals surface area contributed by atoms with Gasteiger partial charge in [-0.1, -0.05) is 19.8 Å². The molecule has 0 saturated heterocycles. The van der Waals surface area contributed by atoms with Crippen molar-refractivity contribution in [3.05, 3.63) is 42.4 Å². The van der Waals surface area contributed by atoms with Crippen molar-refractivity contribution in [2.75, 3.05) is 23.4 Å². The third-order valence-electron chi connectivity index (χ3n) is 3.89. The van der Waals surface area contributed by atoms with Crippen LogP contribution in [0.1, 0.15) is 36.7 Å². The maximum Gasteiger partial charge on any atom is 0.291 e. The highest BCUT2D eigenvalue weighted by Gasteiger charge is 2.25. The van der Waals surface area contributed by atoms with E-state index in [1.165, 1.54) is 6.26 Å². The van der Waals surface area contributed by atoms with Crippen molar-refractivity contribution in [2.45, 2.75) is 26.2 Å². The summed E-state index contributed by atoms with van der Waals surface area (Å²) in [6.07, 6.45) is 4.54. The number of hydrogen-bond acceptors (Lipinski definition) is 4. The molecule has 3 rings (SSSR count). The minimum absolute atomic E-state index is 0.0528. The van der Waals surface area contributed by atoms with E-state index in [9.17, 15) is 9.59 Å². The number of benzene rings is 1. The number of amides is 2. The van der Waals surface area contributed by atoms with Crippen LogP contribution in [0.2, 0.25) is 0 Å². The monoisotopic (exact) mass is 328 g/mol. The van der Waals surface area contributed by atoms with E-state index in [0.29, 0.717) is 23.7 Å². The van der Waals surface area contributed by atoms with E-state index in [2.05, 4.69) is 12.2 Å². The molecular weight excluding hydrogens is 308 g/mol. The van der Waals surface area contributed by atoms with Gasteiger partial charge >= 0.3 is 0 Å². The first-order chi connectivity index (χ1) is 11.7. The molecule has 0 unspecified atom stereocenters. The number of ether oxygens (including phenoxy) is 1. The zero-order valence-electron chi connectivity index (χ0n) is 13.6. The summed E-state index contributed by atoms with van der Waals surface area (Å²) in [5.74, 6) is 0.496. The van der Waals surface area contributed by atoms with Crippen LogP contribution in [0.4, 0.5) is 11.4 Å². The van der Waals surface area contributed by atoms with Crippen LogP contribution in [-0.4, -0.2) is 25.0 Å². The van der Waals surface area contributed by atoms with E-state index in [1.807, 2.05) is 0 Å². The van der Waals surface area contributed by atoms with Gasteiger partial charge in [-0.25, -0.2) is 0 Å². The molecule has 2 heterocycles. The normalized spacial score (nSPS) is 13.4. The predicted molar refractivity (Wildman–Crippen MR) is 90.5 cm³/mol. The first-order valence-electron chi connectivity index (χ1n) is 8.11. The highest BCUT2D eigenvalue weighted by atomic mass is 16.5. The number of fused-ring (bicyclic) bond motifs is 1. The van der Waals surface area contributed by atoms with Crippen LogP contribution in [0.3, 0.4) is 0 Å². The summed E-state index contributed by atoms with van der Waals surface area (Å²) in [5.41, 5.74) is 1.29. The molecule has 1 N–H and O–H groups in total. The first kappa shape index (κ1) is 16.1. The topological polar surface area (TPSA) is 71.8 Å². The molecule has 24 heavy (non-hydrogen) atoms. The molecule has 2 amide bonds. The van der Waals surface area contributed by atoms with E-state index in [-0.39, 0.29) is 24.2 Å². The molecule has 0 atom stereocenters. The lowest BCUT2D eigenvalue weighted by Gasteiger charge is -2.29. The van der Waals surface area contributed by atoms with Crippen molar-refractivity contribution < 1.29 is 18.7 Å². The first-order valence-corrected chi connectivity index (χ1v) is 8.11. The number of nitrogens with one attached hydrogen (secondary N) is 1. The Morgan fingerprint density at radius 1 is 1.29 bits per heavy atom. The fraction of sp³-hybridized carbons (Fsp3) is 0.333. The van der Waals surface area contributed by atoms with Crippen molar-refractivity contribution in [3.8, 4) is 5.75 Å². The number of unbranched alkanes of at least 4 members (excludes halogenated alkanes) is 2. The van der Waals surface area contributed by atoms with Crippen LogP contribution in [0.25, 0.3) is 0 Å². The highest BCUT2D eigenvalue weighted by Crippen LogP contribution is 2.35. The molecule has 0 bridgehead atoms. The summed E-state index contributed by atoms with van der Waals surface area (Å²) < 4.78 is 10.6. The highest BCUT2D eigenvalue weighted by molar-refractivity contribution is 6.03. The fourth-order valence-corrected chi connectivity index (χ4v) is 2.65. The third kappa shape index (κ3) is 3.42. The number of furan rings is 1. The van der Waals surface area contributed by atoms with Gasteiger partial charge in [-0.2, -0.15) is 0 Å². The molecular formula is C18H20N2O4. The van der Waals surface area contributed by atoms with Gasteiger partial charge in [0.25, 0.3) is 11.8 Å². The molecule has 126 valence electrons. The zero-order valence-corrected chi connectivity index (χ0v) is 13.6. The van der Waals surface area contributed by atoms with Crippen molar-refractivity contribution in [2.24, 2.45) is 0 Å². The van der Waals surface area contributed by atoms with Gasteiger partial charge in [0.15, 0.2) is 12.4 Å². The van der Waals surface area contributed by atoms with Crippen LogP contribution < -0.4 is 15.0 Å². The average molecular weight is 328 g/mol. The number of hydrogen-bond donors (Lipinski definition) is 1. The van der Waals surface area contributed by atoms with Gasteiger partial charge in [-0.05, 0) is 36.8 Å². The molecule has 6 nitrogen and oxygen atoms in total. The summed E-state index contributed by atoms with van der Waals surface area (Å²) in [4.78, 5) is 26.0. The van der Waals surface area contributed by atoms with Crippen LogP contribution >= 0.6 is 0 Å². The van der Waals surface area contributed by atoms with E-state index in [1.54, 1.807) is 35.2 Å². The number of rotatable bonds is 6. The van der Waals surface area contributed by atoms with Crippen LogP contribution in [0.5, 0.6) is 5.75 Å². The Hall–Kier alpha value is -2.76. The molecule has 0 aliphatic carbocycles. The van der Waals surface area contributed by atoms with Crippen LogP contribution in [0, 0.1) is 0 Å². The molecule has 1 aliphatic heterocycles. The number of carbonyl (C=O) groups is 2. The second-order valence-corrected chi connectivity index (χ2v) is 5.66. The van der Waals surface area contributed by atoms with Gasteiger partial charge in [-0.15, -0.1) is 0 Å². The maximum absolute atomic E-state index is 12.2. The minimum atomic E-state index is -0.333. The lowest BCUT2D eigenvalue weighted by Crippen LogP contribution is -2.39.